The zero-order valence-electron chi connectivity index (χ0n) is 11.3. The summed E-state index contributed by atoms with van der Waals surface area (Å²) in [5, 5.41) is 5.12. The molecule has 0 aliphatic heterocycles. The van der Waals surface area contributed by atoms with Gasteiger partial charge >= 0.3 is 0 Å². The van der Waals surface area contributed by atoms with Crippen LogP contribution in [0.25, 0.3) is 0 Å². The third-order valence-electron chi connectivity index (χ3n) is 3.81. The highest BCUT2D eigenvalue weighted by atomic mass is 32.1. The summed E-state index contributed by atoms with van der Waals surface area (Å²) in [6.45, 7) is 7.76. The fourth-order valence-corrected chi connectivity index (χ4v) is 4.00. The van der Waals surface area contributed by atoms with Gasteiger partial charge in [-0.15, -0.1) is 11.3 Å². The lowest BCUT2D eigenvalue weighted by molar-refractivity contribution is 0.340. The molecule has 3 heteroatoms. The molecule has 0 aromatic carbocycles. The minimum absolute atomic E-state index is 0.207. The maximum Gasteiger partial charge on any atom is 0.113 e. The molecule has 0 saturated heterocycles. The summed E-state index contributed by atoms with van der Waals surface area (Å²) in [5.41, 5.74) is 1.51. The molecule has 1 aromatic heterocycles. The van der Waals surface area contributed by atoms with E-state index in [1.54, 1.807) is 0 Å². The number of hydrogen-bond acceptors (Lipinski definition) is 3. The van der Waals surface area contributed by atoms with Crippen molar-refractivity contribution in [3.05, 3.63) is 15.6 Å². The van der Waals surface area contributed by atoms with E-state index in [1.807, 2.05) is 11.3 Å². The zero-order valence-corrected chi connectivity index (χ0v) is 12.1. The summed E-state index contributed by atoms with van der Waals surface area (Å²) in [7, 11) is 0. The molecule has 17 heavy (non-hydrogen) atoms. The van der Waals surface area contributed by atoms with Gasteiger partial charge in [0.15, 0.2) is 0 Å². The Hall–Kier alpha value is -0.410. The van der Waals surface area contributed by atoms with Gasteiger partial charge in [-0.05, 0) is 39.2 Å². The van der Waals surface area contributed by atoms with Gasteiger partial charge in [-0.3, -0.25) is 0 Å². The van der Waals surface area contributed by atoms with Gasteiger partial charge in [0.25, 0.3) is 0 Å². The maximum absolute atomic E-state index is 4.89. The molecule has 0 bridgehead atoms. The standard InChI is InChI=1S/C14H24N2S/c1-4-10-15-14(8-6-7-9-14)13-16-12(5-2)11(3)17-13/h15H,4-10H2,1-3H3. The minimum Gasteiger partial charge on any atom is -0.305 e. The van der Waals surface area contributed by atoms with Crippen molar-refractivity contribution in [1.82, 2.24) is 10.3 Å². The molecule has 2 nitrogen and oxygen atoms in total. The van der Waals surface area contributed by atoms with Crippen LogP contribution in [0.2, 0.25) is 0 Å². The van der Waals surface area contributed by atoms with Crippen LogP contribution in [-0.4, -0.2) is 11.5 Å². The predicted molar refractivity (Wildman–Crippen MR) is 74.7 cm³/mol. The number of aryl methyl sites for hydroxylation is 2. The second-order valence-electron chi connectivity index (χ2n) is 5.09. The Labute approximate surface area is 109 Å². The third-order valence-corrected chi connectivity index (χ3v) is 5.02. The largest absolute Gasteiger partial charge is 0.305 e. The van der Waals surface area contributed by atoms with Gasteiger partial charge in [0.05, 0.1) is 11.2 Å². The van der Waals surface area contributed by atoms with Crippen LogP contribution in [0.4, 0.5) is 0 Å². The molecule has 0 radical (unpaired) electrons. The van der Waals surface area contributed by atoms with Gasteiger partial charge in [-0.25, -0.2) is 4.98 Å². The number of hydrogen-bond donors (Lipinski definition) is 1. The summed E-state index contributed by atoms with van der Waals surface area (Å²) in [6, 6.07) is 0. The third kappa shape index (κ3) is 2.55. The van der Waals surface area contributed by atoms with E-state index >= 15 is 0 Å². The van der Waals surface area contributed by atoms with Gasteiger partial charge in [0, 0.05) is 4.88 Å². The van der Waals surface area contributed by atoms with Crippen molar-refractivity contribution in [3.63, 3.8) is 0 Å². The highest BCUT2D eigenvalue weighted by Gasteiger charge is 2.37. The van der Waals surface area contributed by atoms with Crippen LogP contribution in [0.3, 0.4) is 0 Å². The van der Waals surface area contributed by atoms with Crippen LogP contribution in [0.15, 0.2) is 0 Å². The molecule has 1 saturated carbocycles. The van der Waals surface area contributed by atoms with E-state index in [2.05, 4.69) is 26.1 Å². The molecule has 1 N–H and O–H groups in total. The average molecular weight is 252 g/mol. The van der Waals surface area contributed by atoms with Crippen molar-refractivity contribution in [3.8, 4) is 0 Å². The molecule has 0 spiro atoms. The van der Waals surface area contributed by atoms with E-state index in [1.165, 1.54) is 47.7 Å². The second-order valence-corrected chi connectivity index (χ2v) is 6.29. The van der Waals surface area contributed by atoms with Crippen LogP contribution >= 0.6 is 11.3 Å². The minimum atomic E-state index is 0.207. The molecule has 1 heterocycles. The number of nitrogens with one attached hydrogen (secondary N) is 1. The zero-order chi connectivity index (χ0) is 12.3. The Morgan fingerprint density at radius 1 is 1.29 bits per heavy atom. The summed E-state index contributed by atoms with van der Waals surface area (Å²) in [4.78, 5) is 6.30. The maximum atomic E-state index is 4.89. The number of thiazole rings is 1. The topological polar surface area (TPSA) is 24.9 Å². The predicted octanol–water partition coefficient (Wildman–Crippen LogP) is 3.78. The lowest BCUT2D eigenvalue weighted by atomic mass is 9.98. The Morgan fingerprint density at radius 3 is 2.53 bits per heavy atom. The number of rotatable bonds is 5. The Morgan fingerprint density at radius 2 is 2.00 bits per heavy atom. The van der Waals surface area contributed by atoms with Crippen molar-refractivity contribution in [1.29, 1.82) is 0 Å². The van der Waals surface area contributed by atoms with Crippen molar-refractivity contribution in [2.24, 2.45) is 0 Å². The first-order valence-corrected chi connectivity index (χ1v) is 7.75. The van der Waals surface area contributed by atoms with E-state index in [4.69, 9.17) is 4.98 Å². The average Bonchev–Trinajstić information content (AvgIpc) is 2.93. The SMILES string of the molecule is CCCNC1(c2nc(CC)c(C)s2)CCCC1. The van der Waals surface area contributed by atoms with E-state index < -0.39 is 0 Å². The first-order valence-electron chi connectivity index (χ1n) is 6.93. The first kappa shape index (κ1) is 13.0. The molecular weight excluding hydrogens is 228 g/mol. The summed E-state index contributed by atoms with van der Waals surface area (Å²) in [5.74, 6) is 0. The lowest BCUT2D eigenvalue weighted by Crippen LogP contribution is -2.40. The molecule has 1 fully saturated rings. The number of nitrogens with zero attached hydrogens (tertiary/aromatic N) is 1. The van der Waals surface area contributed by atoms with E-state index in [9.17, 15) is 0 Å². The lowest BCUT2D eigenvalue weighted by Gasteiger charge is -2.28. The molecular formula is C14H24N2S. The summed E-state index contributed by atoms with van der Waals surface area (Å²) >= 11 is 1.91. The fraction of sp³-hybridized carbons (Fsp3) is 0.786. The van der Waals surface area contributed by atoms with Gasteiger partial charge in [0.2, 0.25) is 0 Å². The van der Waals surface area contributed by atoms with Gasteiger partial charge in [-0.1, -0.05) is 26.7 Å². The van der Waals surface area contributed by atoms with Crippen LogP contribution in [0, 0.1) is 6.92 Å². The molecule has 2 rings (SSSR count). The molecule has 0 atom stereocenters. The first-order chi connectivity index (χ1) is 8.22. The van der Waals surface area contributed by atoms with Gasteiger partial charge < -0.3 is 5.32 Å². The van der Waals surface area contributed by atoms with Crippen LogP contribution in [-0.2, 0) is 12.0 Å². The van der Waals surface area contributed by atoms with Crippen LogP contribution in [0.1, 0.15) is 61.5 Å². The van der Waals surface area contributed by atoms with Crippen LogP contribution in [0.5, 0.6) is 0 Å². The monoisotopic (exact) mass is 252 g/mol. The number of aromatic nitrogens is 1. The highest BCUT2D eigenvalue weighted by molar-refractivity contribution is 7.11. The smallest absolute Gasteiger partial charge is 0.113 e. The highest BCUT2D eigenvalue weighted by Crippen LogP contribution is 2.41. The Bertz CT molecular complexity index is 364. The van der Waals surface area contributed by atoms with E-state index in [0.29, 0.717) is 0 Å². The van der Waals surface area contributed by atoms with E-state index in [0.717, 1.165) is 13.0 Å². The van der Waals surface area contributed by atoms with Crippen molar-refractivity contribution in [2.75, 3.05) is 6.54 Å². The van der Waals surface area contributed by atoms with Gasteiger partial charge in [0.1, 0.15) is 5.01 Å². The molecule has 0 unspecified atom stereocenters. The molecule has 1 aliphatic rings. The molecule has 0 amide bonds. The summed E-state index contributed by atoms with van der Waals surface area (Å²) in [6.07, 6.45) is 7.48. The Balaban J connectivity index is 2.25. The fourth-order valence-electron chi connectivity index (χ4n) is 2.77. The van der Waals surface area contributed by atoms with E-state index in [-0.39, 0.29) is 5.54 Å². The second kappa shape index (κ2) is 5.49. The van der Waals surface area contributed by atoms with Gasteiger partial charge in [-0.2, -0.15) is 0 Å². The summed E-state index contributed by atoms with van der Waals surface area (Å²) < 4.78 is 0. The molecule has 1 aromatic rings. The van der Waals surface area contributed by atoms with Crippen LogP contribution < -0.4 is 5.32 Å². The molecule has 1 aliphatic carbocycles. The van der Waals surface area contributed by atoms with Crippen molar-refractivity contribution in [2.45, 2.75) is 64.8 Å². The Kier molecular flexibility index (Phi) is 4.21. The quantitative estimate of drug-likeness (QED) is 0.862. The van der Waals surface area contributed by atoms with Crippen molar-refractivity contribution < 1.29 is 0 Å². The normalized spacial score (nSPS) is 18.8. The van der Waals surface area contributed by atoms with Crippen molar-refractivity contribution >= 4 is 11.3 Å². The molecule has 96 valence electrons.